The zero-order valence-electron chi connectivity index (χ0n) is 17.4. The van der Waals surface area contributed by atoms with Crippen LogP contribution in [-0.2, 0) is 28.1 Å². The number of nitrogens with zero attached hydrogens (tertiary/aromatic N) is 2. The molecule has 3 aliphatic heterocycles. The third-order valence-corrected chi connectivity index (χ3v) is 6.98. The Hall–Kier alpha value is -2.26. The van der Waals surface area contributed by atoms with Gasteiger partial charge in [0.25, 0.3) is 0 Å². The lowest BCUT2D eigenvalue weighted by atomic mass is 9.82. The molecule has 0 aliphatic carbocycles. The number of hydrogen-bond donors (Lipinski definition) is 0. The summed E-state index contributed by atoms with van der Waals surface area (Å²) in [5.41, 5.74) is 4.79. The summed E-state index contributed by atoms with van der Waals surface area (Å²) in [6.07, 6.45) is 2.41. The molecule has 2 saturated heterocycles. The summed E-state index contributed by atoms with van der Waals surface area (Å²) in [5.74, 6) is -0.434. The predicted molar refractivity (Wildman–Crippen MR) is 112 cm³/mol. The summed E-state index contributed by atoms with van der Waals surface area (Å²) < 4.78 is 26.4. The maximum Gasteiger partial charge on any atom is 0.127 e. The standard InChI is InChI=1S/C25H27FN2O2/c1-17(13-27)10-20-4-2-19(12-24(20)26)18-3-5-21-14-30-25(23(21)11-18)6-8-28(9-7-25)22-15-29-16-22/h2-5,11-12,17,22H,6-10,14-16H2,1H3/t17-/m0/s1. The molecule has 2 fully saturated rings. The second-order valence-electron chi connectivity index (χ2n) is 8.92. The maximum absolute atomic E-state index is 14.7. The molecular formula is C25H27FN2O2. The first-order chi connectivity index (χ1) is 14.6. The Morgan fingerprint density at radius 2 is 1.90 bits per heavy atom. The molecule has 2 aromatic carbocycles. The van der Waals surface area contributed by atoms with E-state index in [4.69, 9.17) is 14.7 Å². The van der Waals surface area contributed by atoms with Gasteiger partial charge >= 0.3 is 0 Å². The van der Waals surface area contributed by atoms with Gasteiger partial charge in [0, 0.05) is 19.0 Å². The number of likely N-dealkylation sites (tertiary alicyclic amines) is 1. The Kier molecular flexibility index (Phi) is 5.10. The number of piperidine rings is 1. The van der Waals surface area contributed by atoms with Crippen molar-refractivity contribution < 1.29 is 13.9 Å². The van der Waals surface area contributed by atoms with Crippen LogP contribution < -0.4 is 0 Å². The summed E-state index contributed by atoms with van der Waals surface area (Å²) in [6, 6.07) is 14.5. The van der Waals surface area contributed by atoms with Crippen LogP contribution >= 0.6 is 0 Å². The molecule has 1 atom stereocenters. The minimum absolute atomic E-state index is 0.195. The second kappa shape index (κ2) is 7.77. The van der Waals surface area contributed by atoms with Crippen LogP contribution in [0.2, 0.25) is 0 Å². The maximum atomic E-state index is 14.7. The molecule has 0 bridgehead atoms. The molecule has 0 saturated carbocycles. The van der Waals surface area contributed by atoms with Gasteiger partial charge in [-0.05, 0) is 66.1 Å². The first-order valence-corrected chi connectivity index (χ1v) is 10.9. The van der Waals surface area contributed by atoms with Crippen molar-refractivity contribution in [3.63, 3.8) is 0 Å². The van der Waals surface area contributed by atoms with E-state index in [-0.39, 0.29) is 17.3 Å². The molecule has 30 heavy (non-hydrogen) atoms. The van der Waals surface area contributed by atoms with Crippen LogP contribution in [-0.4, -0.2) is 37.2 Å². The topological polar surface area (TPSA) is 45.5 Å². The van der Waals surface area contributed by atoms with E-state index in [1.54, 1.807) is 6.07 Å². The highest BCUT2D eigenvalue weighted by molar-refractivity contribution is 5.66. The molecule has 0 aromatic heterocycles. The van der Waals surface area contributed by atoms with Gasteiger partial charge in [-0.25, -0.2) is 4.39 Å². The van der Waals surface area contributed by atoms with Crippen LogP contribution in [0.5, 0.6) is 0 Å². The molecule has 2 aromatic rings. The van der Waals surface area contributed by atoms with Crippen molar-refractivity contribution in [1.29, 1.82) is 5.26 Å². The fourth-order valence-electron chi connectivity index (χ4n) is 4.97. The highest BCUT2D eigenvalue weighted by Gasteiger charge is 2.44. The van der Waals surface area contributed by atoms with Crippen LogP contribution in [0.4, 0.5) is 4.39 Å². The number of nitriles is 1. The Morgan fingerprint density at radius 3 is 2.57 bits per heavy atom. The number of benzene rings is 2. The van der Waals surface area contributed by atoms with E-state index in [9.17, 15) is 4.39 Å². The summed E-state index contributed by atoms with van der Waals surface area (Å²) in [7, 11) is 0. The van der Waals surface area contributed by atoms with Gasteiger partial charge in [0.05, 0.1) is 37.5 Å². The minimum atomic E-state index is -0.239. The van der Waals surface area contributed by atoms with E-state index in [0.29, 0.717) is 24.6 Å². The summed E-state index contributed by atoms with van der Waals surface area (Å²) >= 11 is 0. The van der Waals surface area contributed by atoms with Gasteiger partial charge in [-0.1, -0.05) is 24.3 Å². The Labute approximate surface area is 177 Å². The van der Waals surface area contributed by atoms with E-state index in [2.05, 4.69) is 29.2 Å². The largest absolute Gasteiger partial charge is 0.378 e. The summed E-state index contributed by atoms with van der Waals surface area (Å²) in [4.78, 5) is 2.52. The van der Waals surface area contributed by atoms with E-state index in [0.717, 1.165) is 50.3 Å². The lowest BCUT2D eigenvalue weighted by Gasteiger charge is -2.45. The first kappa shape index (κ1) is 19.7. The molecule has 5 rings (SSSR count). The molecule has 0 unspecified atom stereocenters. The molecular weight excluding hydrogens is 379 g/mol. The monoisotopic (exact) mass is 406 g/mol. The van der Waals surface area contributed by atoms with Crippen molar-refractivity contribution in [2.75, 3.05) is 26.3 Å². The number of halogens is 1. The summed E-state index contributed by atoms with van der Waals surface area (Å²) in [6.45, 7) is 6.22. The smallest absolute Gasteiger partial charge is 0.127 e. The molecule has 3 heterocycles. The third-order valence-electron chi connectivity index (χ3n) is 6.98. The van der Waals surface area contributed by atoms with Crippen molar-refractivity contribution in [2.45, 2.75) is 44.4 Å². The summed E-state index contributed by atoms with van der Waals surface area (Å²) in [5, 5.41) is 9.00. The van der Waals surface area contributed by atoms with Gasteiger partial charge in [-0.15, -0.1) is 0 Å². The highest BCUT2D eigenvalue weighted by Crippen LogP contribution is 2.46. The Bertz CT molecular complexity index is 987. The van der Waals surface area contributed by atoms with E-state index < -0.39 is 0 Å². The minimum Gasteiger partial charge on any atom is -0.378 e. The fourth-order valence-corrected chi connectivity index (χ4v) is 4.97. The van der Waals surface area contributed by atoms with E-state index in [1.165, 1.54) is 11.1 Å². The zero-order valence-corrected chi connectivity index (χ0v) is 17.4. The zero-order chi connectivity index (χ0) is 20.7. The quantitative estimate of drug-likeness (QED) is 0.754. The Balaban J connectivity index is 1.39. The van der Waals surface area contributed by atoms with Crippen molar-refractivity contribution in [1.82, 2.24) is 4.90 Å². The van der Waals surface area contributed by atoms with Gasteiger partial charge in [0.1, 0.15) is 5.82 Å². The van der Waals surface area contributed by atoms with E-state index in [1.807, 2.05) is 19.1 Å². The lowest BCUT2D eigenvalue weighted by Crippen LogP contribution is -2.54. The number of fused-ring (bicyclic) bond motifs is 2. The predicted octanol–water partition coefficient (Wildman–Crippen LogP) is 4.41. The Morgan fingerprint density at radius 1 is 1.17 bits per heavy atom. The van der Waals surface area contributed by atoms with Crippen LogP contribution in [0.25, 0.3) is 11.1 Å². The SMILES string of the molecule is C[C@H](C#N)Cc1ccc(-c2ccc3c(c2)C2(CCN(C4COC4)CC2)OC3)cc1F. The molecule has 0 radical (unpaired) electrons. The third kappa shape index (κ3) is 3.43. The van der Waals surface area contributed by atoms with Crippen LogP contribution in [0.15, 0.2) is 36.4 Å². The lowest BCUT2D eigenvalue weighted by molar-refractivity contribution is -0.119. The number of rotatable bonds is 4. The average Bonchev–Trinajstić information content (AvgIpc) is 3.07. The molecule has 1 spiro atoms. The van der Waals surface area contributed by atoms with Crippen molar-refractivity contribution in [3.8, 4) is 17.2 Å². The van der Waals surface area contributed by atoms with Crippen molar-refractivity contribution >= 4 is 0 Å². The van der Waals surface area contributed by atoms with Gasteiger partial charge in [0.2, 0.25) is 0 Å². The normalized spacial score (nSPS) is 21.8. The second-order valence-corrected chi connectivity index (χ2v) is 8.92. The van der Waals surface area contributed by atoms with Gasteiger partial charge in [-0.2, -0.15) is 5.26 Å². The van der Waals surface area contributed by atoms with Crippen LogP contribution in [0.1, 0.15) is 36.5 Å². The van der Waals surface area contributed by atoms with Gasteiger partial charge in [0.15, 0.2) is 0 Å². The van der Waals surface area contributed by atoms with Gasteiger partial charge < -0.3 is 9.47 Å². The molecule has 0 amide bonds. The highest BCUT2D eigenvalue weighted by atomic mass is 19.1. The van der Waals surface area contributed by atoms with Gasteiger partial charge in [-0.3, -0.25) is 4.90 Å². The van der Waals surface area contributed by atoms with Crippen LogP contribution in [0.3, 0.4) is 0 Å². The average molecular weight is 407 g/mol. The van der Waals surface area contributed by atoms with Crippen LogP contribution in [0, 0.1) is 23.1 Å². The fraction of sp³-hybridized carbons (Fsp3) is 0.480. The molecule has 0 N–H and O–H groups in total. The molecule has 4 nitrogen and oxygen atoms in total. The molecule has 5 heteroatoms. The number of ether oxygens (including phenoxy) is 2. The number of hydrogen-bond acceptors (Lipinski definition) is 4. The van der Waals surface area contributed by atoms with Crippen molar-refractivity contribution in [2.24, 2.45) is 5.92 Å². The molecule has 3 aliphatic rings. The first-order valence-electron chi connectivity index (χ1n) is 10.9. The van der Waals surface area contributed by atoms with Crippen molar-refractivity contribution in [3.05, 3.63) is 58.9 Å². The van der Waals surface area contributed by atoms with E-state index >= 15 is 0 Å². The molecule has 156 valence electrons.